The van der Waals surface area contributed by atoms with Gasteiger partial charge in [0, 0.05) is 11.0 Å². The molecule has 1 aromatic carbocycles. The summed E-state index contributed by atoms with van der Waals surface area (Å²) in [6.07, 6.45) is 4.19. The van der Waals surface area contributed by atoms with Gasteiger partial charge in [-0.25, -0.2) is 0 Å². The molecule has 0 bridgehead atoms. The predicted molar refractivity (Wildman–Crippen MR) is 77.4 cm³/mol. The highest BCUT2D eigenvalue weighted by molar-refractivity contribution is 9.10. The minimum absolute atomic E-state index is 0.776. The summed E-state index contributed by atoms with van der Waals surface area (Å²) < 4.78 is 0.979. The van der Waals surface area contributed by atoms with E-state index in [4.69, 9.17) is 11.6 Å². The standard InChI is InChI=1S/C14H19BrClN/c1-10-3-2-4-12(10)9-17-8-11-5-6-14(16)13(15)7-11/h5-7,10,12,17H,2-4,8-9H2,1H3. The molecule has 2 atom stereocenters. The fourth-order valence-electron chi connectivity index (χ4n) is 2.58. The third-order valence-electron chi connectivity index (χ3n) is 3.76. The summed E-state index contributed by atoms with van der Waals surface area (Å²) in [6, 6.07) is 6.12. The van der Waals surface area contributed by atoms with Gasteiger partial charge >= 0.3 is 0 Å². The zero-order valence-corrected chi connectivity index (χ0v) is 12.5. The van der Waals surface area contributed by atoms with E-state index in [-0.39, 0.29) is 0 Å². The van der Waals surface area contributed by atoms with E-state index in [0.717, 1.165) is 34.4 Å². The van der Waals surface area contributed by atoms with Crippen molar-refractivity contribution in [1.29, 1.82) is 0 Å². The largest absolute Gasteiger partial charge is 0.312 e. The zero-order valence-electron chi connectivity index (χ0n) is 10.2. The van der Waals surface area contributed by atoms with Gasteiger partial charge < -0.3 is 5.32 Å². The minimum Gasteiger partial charge on any atom is -0.312 e. The molecule has 94 valence electrons. The van der Waals surface area contributed by atoms with Crippen LogP contribution in [0, 0.1) is 11.8 Å². The van der Waals surface area contributed by atoms with Crippen LogP contribution in [0.5, 0.6) is 0 Å². The second-order valence-corrected chi connectivity index (χ2v) is 6.31. The molecule has 1 aliphatic rings. The van der Waals surface area contributed by atoms with Crippen LogP contribution in [-0.4, -0.2) is 6.54 Å². The summed E-state index contributed by atoms with van der Waals surface area (Å²) in [5.74, 6) is 1.75. The molecule has 1 fully saturated rings. The van der Waals surface area contributed by atoms with Crippen molar-refractivity contribution in [1.82, 2.24) is 5.32 Å². The van der Waals surface area contributed by atoms with Gasteiger partial charge in [-0.05, 0) is 58.4 Å². The van der Waals surface area contributed by atoms with Crippen molar-refractivity contribution in [2.75, 3.05) is 6.54 Å². The number of benzene rings is 1. The summed E-state index contributed by atoms with van der Waals surface area (Å²) in [7, 11) is 0. The summed E-state index contributed by atoms with van der Waals surface area (Å²) >= 11 is 9.42. The molecule has 17 heavy (non-hydrogen) atoms. The number of nitrogens with one attached hydrogen (secondary N) is 1. The molecule has 0 aromatic heterocycles. The van der Waals surface area contributed by atoms with Crippen molar-refractivity contribution in [3.8, 4) is 0 Å². The predicted octanol–water partition coefficient (Wildman–Crippen LogP) is 4.63. The van der Waals surface area contributed by atoms with E-state index < -0.39 is 0 Å². The Morgan fingerprint density at radius 2 is 2.24 bits per heavy atom. The highest BCUT2D eigenvalue weighted by Gasteiger charge is 2.22. The lowest BCUT2D eigenvalue weighted by Gasteiger charge is -2.16. The number of halogens is 2. The van der Waals surface area contributed by atoms with Gasteiger partial charge in [0.15, 0.2) is 0 Å². The van der Waals surface area contributed by atoms with Crippen molar-refractivity contribution >= 4 is 27.5 Å². The molecule has 1 nitrogen and oxygen atoms in total. The molecule has 0 radical (unpaired) electrons. The molecule has 1 aliphatic carbocycles. The highest BCUT2D eigenvalue weighted by atomic mass is 79.9. The fourth-order valence-corrected chi connectivity index (χ4v) is 3.12. The van der Waals surface area contributed by atoms with Gasteiger partial charge in [-0.15, -0.1) is 0 Å². The Hall–Kier alpha value is -0.0500. The quantitative estimate of drug-likeness (QED) is 0.854. The maximum atomic E-state index is 5.97. The van der Waals surface area contributed by atoms with Crippen molar-refractivity contribution in [3.63, 3.8) is 0 Å². The Labute approximate surface area is 117 Å². The summed E-state index contributed by atoms with van der Waals surface area (Å²) in [5.41, 5.74) is 1.28. The first kappa shape index (κ1) is 13.4. The lowest BCUT2D eigenvalue weighted by molar-refractivity contribution is 0.392. The Kier molecular flexibility index (Phi) is 4.89. The van der Waals surface area contributed by atoms with Crippen LogP contribution in [0.15, 0.2) is 22.7 Å². The molecule has 0 amide bonds. The highest BCUT2D eigenvalue weighted by Crippen LogP contribution is 2.30. The Bertz CT molecular complexity index is 380. The first-order valence-corrected chi connectivity index (χ1v) is 7.48. The third-order valence-corrected chi connectivity index (χ3v) is 4.97. The van der Waals surface area contributed by atoms with Gasteiger partial charge in [0.2, 0.25) is 0 Å². The summed E-state index contributed by atoms with van der Waals surface area (Å²) in [6.45, 7) is 4.44. The fraction of sp³-hybridized carbons (Fsp3) is 0.571. The van der Waals surface area contributed by atoms with Crippen LogP contribution in [-0.2, 0) is 6.54 Å². The van der Waals surface area contributed by atoms with Crippen molar-refractivity contribution in [2.24, 2.45) is 11.8 Å². The van der Waals surface area contributed by atoms with Gasteiger partial charge in [-0.3, -0.25) is 0 Å². The molecule has 1 aromatic rings. The average molecular weight is 317 g/mol. The Morgan fingerprint density at radius 1 is 1.41 bits per heavy atom. The number of hydrogen-bond acceptors (Lipinski definition) is 1. The SMILES string of the molecule is CC1CCCC1CNCc1ccc(Cl)c(Br)c1. The van der Waals surface area contributed by atoms with Gasteiger partial charge in [-0.2, -0.15) is 0 Å². The van der Waals surface area contributed by atoms with Crippen LogP contribution in [0.3, 0.4) is 0 Å². The first-order valence-electron chi connectivity index (χ1n) is 6.31. The van der Waals surface area contributed by atoms with Gasteiger partial charge in [0.05, 0.1) is 5.02 Å². The lowest BCUT2D eigenvalue weighted by Crippen LogP contribution is -2.23. The maximum Gasteiger partial charge on any atom is 0.0548 e. The van der Waals surface area contributed by atoms with Crippen LogP contribution in [0.25, 0.3) is 0 Å². The normalized spacial score (nSPS) is 24.2. The number of hydrogen-bond donors (Lipinski definition) is 1. The molecule has 1 N–H and O–H groups in total. The van der Waals surface area contributed by atoms with Crippen LogP contribution >= 0.6 is 27.5 Å². The summed E-state index contributed by atoms with van der Waals surface area (Å²) in [5, 5.41) is 4.33. The lowest BCUT2D eigenvalue weighted by atomic mass is 9.98. The number of rotatable bonds is 4. The zero-order chi connectivity index (χ0) is 12.3. The molecule has 2 rings (SSSR count). The van der Waals surface area contributed by atoms with Gasteiger partial charge in [0.1, 0.15) is 0 Å². The van der Waals surface area contributed by atoms with E-state index in [1.54, 1.807) is 0 Å². The molecular weight excluding hydrogens is 298 g/mol. The molecule has 0 saturated heterocycles. The minimum atomic E-state index is 0.776. The topological polar surface area (TPSA) is 12.0 Å². The second kappa shape index (κ2) is 6.21. The molecule has 0 spiro atoms. The van der Waals surface area contributed by atoms with E-state index in [2.05, 4.69) is 40.3 Å². The van der Waals surface area contributed by atoms with Crippen molar-refractivity contribution in [2.45, 2.75) is 32.7 Å². The smallest absolute Gasteiger partial charge is 0.0548 e. The molecular formula is C14H19BrClN. The van der Waals surface area contributed by atoms with Crippen LogP contribution in [0.2, 0.25) is 5.02 Å². The third kappa shape index (κ3) is 3.70. The van der Waals surface area contributed by atoms with Crippen LogP contribution in [0.1, 0.15) is 31.7 Å². The molecule has 0 heterocycles. The van der Waals surface area contributed by atoms with E-state index >= 15 is 0 Å². The average Bonchev–Trinajstić information content (AvgIpc) is 2.70. The van der Waals surface area contributed by atoms with Crippen LogP contribution in [0.4, 0.5) is 0 Å². The summed E-state index contributed by atoms with van der Waals surface area (Å²) in [4.78, 5) is 0. The molecule has 2 unspecified atom stereocenters. The van der Waals surface area contributed by atoms with E-state index in [1.165, 1.54) is 24.8 Å². The second-order valence-electron chi connectivity index (χ2n) is 5.05. The van der Waals surface area contributed by atoms with Crippen molar-refractivity contribution < 1.29 is 0 Å². The maximum absolute atomic E-state index is 5.97. The molecule has 1 saturated carbocycles. The van der Waals surface area contributed by atoms with Gasteiger partial charge in [0.25, 0.3) is 0 Å². The van der Waals surface area contributed by atoms with Gasteiger partial charge in [-0.1, -0.05) is 37.4 Å². The monoisotopic (exact) mass is 315 g/mol. The Morgan fingerprint density at radius 3 is 2.88 bits per heavy atom. The van der Waals surface area contributed by atoms with E-state index in [0.29, 0.717) is 0 Å². The van der Waals surface area contributed by atoms with Crippen molar-refractivity contribution in [3.05, 3.63) is 33.3 Å². The van der Waals surface area contributed by atoms with E-state index in [9.17, 15) is 0 Å². The molecule has 0 aliphatic heterocycles. The Balaban J connectivity index is 1.79. The first-order chi connectivity index (χ1) is 8.16. The van der Waals surface area contributed by atoms with E-state index in [1.807, 2.05) is 6.07 Å². The molecule has 3 heteroatoms. The van der Waals surface area contributed by atoms with Crippen LogP contribution < -0.4 is 5.32 Å².